The van der Waals surface area contributed by atoms with Gasteiger partial charge in [0.15, 0.2) is 0 Å². The number of aliphatic hydroxyl groups is 1. The van der Waals surface area contributed by atoms with Gasteiger partial charge in [0, 0.05) is 17.7 Å². The minimum atomic E-state index is -4.63. The molecule has 128 valence electrons. The van der Waals surface area contributed by atoms with Gasteiger partial charge < -0.3 is 10.2 Å². The molecule has 0 unspecified atom stereocenters. The molecule has 0 radical (unpaired) electrons. The summed E-state index contributed by atoms with van der Waals surface area (Å²) in [6.07, 6.45) is -3.72. The molecule has 0 atom stereocenters. The van der Waals surface area contributed by atoms with Gasteiger partial charge in [0.2, 0.25) is 0 Å². The van der Waals surface area contributed by atoms with E-state index in [-0.39, 0.29) is 12.2 Å². The minimum absolute atomic E-state index is 0.0418. The lowest BCUT2D eigenvalue weighted by Crippen LogP contribution is -2.07. The van der Waals surface area contributed by atoms with E-state index in [4.69, 9.17) is 10.4 Å². The third-order valence-electron chi connectivity index (χ3n) is 3.48. The van der Waals surface area contributed by atoms with Crippen LogP contribution in [0.4, 0.5) is 13.2 Å². The Balaban J connectivity index is 2.47. The lowest BCUT2D eigenvalue weighted by molar-refractivity contribution is -0.137. The molecule has 0 aliphatic carbocycles. The maximum Gasteiger partial charge on any atom is 0.417 e. The number of nitrogens with zero attached hydrogens (tertiary/aromatic N) is 1. The number of hydrogen-bond donors (Lipinski definition) is 2. The molecule has 25 heavy (non-hydrogen) atoms. The Morgan fingerprint density at radius 2 is 1.68 bits per heavy atom. The number of nitriles is 1. The summed E-state index contributed by atoms with van der Waals surface area (Å²) in [4.78, 5) is 0. The van der Waals surface area contributed by atoms with Crippen molar-refractivity contribution in [3.05, 3.63) is 64.2 Å². The number of benzene rings is 2. The van der Waals surface area contributed by atoms with Crippen molar-refractivity contribution in [2.45, 2.75) is 19.0 Å². The topological polar surface area (TPSA) is 64.2 Å². The van der Waals surface area contributed by atoms with E-state index < -0.39 is 17.5 Å². The van der Waals surface area contributed by atoms with Gasteiger partial charge in [-0.25, -0.2) is 0 Å². The zero-order valence-corrected chi connectivity index (χ0v) is 13.1. The van der Waals surface area contributed by atoms with Crippen molar-refractivity contribution >= 4 is 0 Å². The van der Waals surface area contributed by atoms with Gasteiger partial charge in [-0.1, -0.05) is 11.8 Å². The van der Waals surface area contributed by atoms with Crippen LogP contribution in [0.1, 0.15) is 34.2 Å². The molecule has 2 aromatic carbocycles. The average molecular weight is 345 g/mol. The van der Waals surface area contributed by atoms with Crippen LogP contribution in [0.5, 0.6) is 5.75 Å². The van der Waals surface area contributed by atoms with Gasteiger partial charge in [0.05, 0.1) is 17.2 Å². The molecule has 2 N–H and O–H groups in total. The summed E-state index contributed by atoms with van der Waals surface area (Å²) in [5, 5.41) is 27.2. The molecule has 0 bridgehead atoms. The molecule has 0 heterocycles. The second-order valence-electron chi connectivity index (χ2n) is 5.29. The number of aryl methyl sites for hydroxylation is 1. The first-order chi connectivity index (χ1) is 11.8. The van der Waals surface area contributed by atoms with E-state index in [1.165, 1.54) is 6.07 Å². The number of alkyl halides is 3. The molecule has 2 aromatic rings. The van der Waals surface area contributed by atoms with Crippen LogP contribution < -0.4 is 0 Å². The van der Waals surface area contributed by atoms with Gasteiger partial charge in [-0.05, 0) is 54.8 Å². The summed E-state index contributed by atoms with van der Waals surface area (Å²) in [6, 6.07) is 9.61. The summed E-state index contributed by atoms with van der Waals surface area (Å²) in [7, 11) is 0. The first-order valence-corrected chi connectivity index (χ1v) is 7.41. The van der Waals surface area contributed by atoms with E-state index in [1.54, 1.807) is 12.1 Å². The first-order valence-electron chi connectivity index (χ1n) is 7.41. The second-order valence-corrected chi connectivity index (χ2v) is 5.29. The first kappa shape index (κ1) is 18.4. The molecular weight excluding hydrogens is 331 g/mol. The lowest BCUT2D eigenvalue weighted by Gasteiger charge is -2.09. The van der Waals surface area contributed by atoms with Crippen molar-refractivity contribution in [2.24, 2.45) is 0 Å². The van der Waals surface area contributed by atoms with Crippen LogP contribution >= 0.6 is 0 Å². The number of phenolic OH excluding ortho intramolecular Hbond substituents is 1. The molecule has 0 aliphatic rings. The summed E-state index contributed by atoms with van der Waals surface area (Å²) in [5.74, 6) is 4.70. The van der Waals surface area contributed by atoms with E-state index in [1.807, 2.05) is 6.07 Å². The van der Waals surface area contributed by atoms with Crippen molar-refractivity contribution in [2.75, 3.05) is 6.61 Å². The summed E-state index contributed by atoms with van der Waals surface area (Å²) >= 11 is 0. The Bertz CT molecular complexity index is 871. The molecule has 6 heteroatoms. The third-order valence-corrected chi connectivity index (χ3v) is 3.48. The SMILES string of the molecule is N#Cc1ccc(C#Cc2ccc(O)cc2C(F)(F)F)c(CCCO)c1. The highest BCUT2D eigenvalue weighted by molar-refractivity contribution is 5.53. The van der Waals surface area contributed by atoms with E-state index in [9.17, 15) is 18.3 Å². The van der Waals surface area contributed by atoms with Crippen molar-refractivity contribution in [3.63, 3.8) is 0 Å². The largest absolute Gasteiger partial charge is 0.508 e. The van der Waals surface area contributed by atoms with Gasteiger partial charge in [-0.15, -0.1) is 0 Å². The molecule has 0 aliphatic heterocycles. The number of aromatic hydroxyl groups is 1. The van der Waals surface area contributed by atoms with Crippen LogP contribution in [-0.2, 0) is 12.6 Å². The summed E-state index contributed by atoms with van der Waals surface area (Å²) < 4.78 is 39.2. The van der Waals surface area contributed by atoms with Gasteiger partial charge in [0.25, 0.3) is 0 Å². The Morgan fingerprint density at radius 1 is 1.00 bits per heavy atom. The van der Waals surface area contributed by atoms with Gasteiger partial charge in [-0.2, -0.15) is 18.4 Å². The maximum atomic E-state index is 13.1. The fourth-order valence-electron chi connectivity index (χ4n) is 2.27. The fourth-order valence-corrected chi connectivity index (χ4v) is 2.27. The predicted molar refractivity (Wildman–Crippen MR) is 85.7 cm³/mol. The number of hydrogen-bond acceptors (Lipinski definition) is 3. The second kappa shape index (κ2) is 7.74. The smallest absolute Gasteiger partial charge is 0.417 e. The monoisotopic (exact) mass is 345 g/mol. The van der Waals surface area contributed by atoms with Crippen LogP contribution in [0.2, 0.25) is 0 Å². The summed E-state index contributed by atoms with van der Waals surface area (Å²) in [6.45, 7) is -0.0418. The van der Waals surface area contributed by atoms with E-state index in [0.29, 0.717) is 35.6 Å². The van der Waals surface area contributed by atoms with Gasteiger partial charge in [-0.3, -0.25) is 0 Å². The van der Waals surface area contributed by atoms with Crippen LogP contribution in [0.15, 0.2) is 36.4 Å². The minimum Gasteiger partial charge on any atom is -0.508 e. The van der Waals surface area contributed by atoms with Crippen molar-refractivity contribution in [3.8, 4) is 23.7 Å². The van der Waals surface area contributed by atoms with Crippen LogP contribution in [0.25, 0.3) is 0 Å². The predicted octanol–water partition coefficient (Wildman–Crippen LogP) is 3.61. The number of aliphatic hydroxyl groups excluding tert-OH is 1. The highest BCUT2D eigenvalue weighted by atomic mass is 19.4. The maximum absolute atomic E-state index is 13.1. The number of phenols is 1. The third kappa shape index (κ3) is 4.76. The molecule has 0 amide bonds. The molecule has 0 aromatic heterocycles. The van der Waals surface area contributed by atoms with E-state index in [2.05, 4.69) is 11.8 Å². The Morgan fingerprint density at radius 3 is 2.32 bits per heavy atom. The fraction of sp³-hybridized carbons (Fsp3) is 0.211. The zero-order valence-electron chi connectivity index (χ0n) is 13.1. The average Bonchev–Trinajstić information content (AvgIpc) is 2.58. The zero-order chi connectivity index (χ0) is 18.4. The highest BCUT2D eigenvalue weighted by Crippen LogP contribution is 2.33. The van der Waals surface area contributed by atoms with Gasteiger partial charge in [0.1, 0.15) is 5.75 Å². The van der Waals surface area contributed by atoms with Crippen molar-refractivity contribution < 1.29 is 23.4 Å². The highest BCUT2D eigenvalue weighted by Gasteiger charge is 2.33. The molecule has 0 spiro atoms. The standard InChI is InChI=1S/C19H14F3NO2/c20-19(21,22)18-11-17(25)8-7-15(18)6-5-14-4-3-13(12-23)10-16(14)2-1-9-24/h3-4,7-8,10-11,24-25H,1-2,9H2. The van der Waals surface area contributed by atoms with Crippen LogP contribution in [0.3, 0.4) is 0 Å². The Kier molecular flexibility index (Phi) is 5.69. The van der Waals surface area contributed by atoms with Crippen LogP contribution in [-0.4, -0.2) is 16.8 Å². The molecule has 0 fully saturated rings. The molecular formula is C19H14F3NO2. The lowest BCUT2D eigenvalue weighted by atomic mass is 9.99. The van der Waals surface area contributed by atoms with Crippen LogP contribution in [0, 0.1) is 23.2 Å². The molecule has 2 rings (SSSR count). The molecule has 3 nitrogen and oxygen atoms in total. The molecule has 0 saturated carbocycles. The van der Waals surface area contributed by atoms with E-state index in [0.717, 1.165) is 12.1 Å². The van der Waals surface area contributed by atoms with E-state index >= 15 is 0 Å². The Labute approximate surface area is 143 Å². The number of rotatable bonds is 3. The Hall–Kier alpha value is -2.96. The number of halogens is 3. The van der Waals surface area contributed by atoms with Crippen molar-refractivity contribution in [1.82, 2.24) is 0 Å². The summed E-state index contributed by atoms with van der Waals surface area (Å²) in [5.41, 5.74) is 0.342. The normalized spacial score (nSPS) is 10.7. The van der Waals surface area contributed by atoms with Gasteiger partial charge >= 0.3 is 6.18 Å². The molecule has 0 saturated heterocycles. The quantitative estimate of drug-likeness (QED) is 0.836. The van der Waals surface area contributed by atoms with Crippen molar-refractivity contribution in [1.29, 1.82) is 5.26 Å².